The Morgan fingerprint density at radius 1 is 0.511 bits per heavy atom. The molecule has 0 fully saturated rings. The average Bonchev–Trinajstić information content (AvgIpc) is 3.07. The van der Waals surface area contributed by atoms with Crippen LogP contribution in [0.3, 0.4) is 0 Å². The van der Waals surface area contributed by atoms with Gasteiger partial charge in [0.25, 0.3) is 0 Å². The van der Waals surface area contributed by atoms with Crippen molar-refractivity contribution in [2.24, 2.45) is 0 Å². The summed E-state index contributed by atoms with van der Waals surface area (Å²) in [4.78, 5) is 38.2. The summed E-state index contributed by atoms with van der Waals surface area (Å²) in [5, 5.41) is 30.6. The third kappa shape index (κ3) is 25.3. The number of Topliss-reactive ketones (excluding diaryl/α,β-unsaturated/α-hetero) is 3. The van der Waals surface area contributed by atoms with Crippen molar-refractivity contribution in [2.75, 3.05) is 6.61 Å². The fraction of sp³-hybridized carbons (Fsp3) is 0.878. The Labute approximate surface area is 290 Å². The lowest BCUT2D eigenvalue weighted by Gasteiger charge is -2.29. The van der Waals surface area contributed by atoms with Crippen LogP contribution in [0.2, 0.25) is 0 Å². The predicted octanol–water partition coefficient (Wildman–Crippen LogP) is 10.5. The van der Waals surface area contributed by atoms with Crippen LogP contribution >= 0.6 is 0 Å². The van der Waals surface area contributed by atoms with Crippen LogP contribution in [0.15, 0.2) is 12.2 Å². The first-order valence-corrected chi connectivity index (χ1v) is 20.1. The molecule has 0 aliphatic heterocycles. The van der Waals surface area contributed by atoms with Crippen molar-refractivity contribution in [2.45, 2.75) is 225 Å². The van der Waals surface area contributed by atoms with Gasteiger partial charge in [-0.2, -0.15) is 0 Å². The first kappa shape index (κ1) is 45.6. The van der Waals surface area contributed by atoms with Gasteiger partial charge >= 0.3 is 0 Å². The highest BCUT2D eigenvalue weighted by atomic mass is 16.4. The van der Waals surface area contributed by atoms with Gasteiger partial charge < -0.3 is 15.3 Å². The SMILES string of the molecule is CCCCCCCC/C=C\CCCCCCCC(=O)CC(=O)C(O)(C(=O)CCCCCCCCCCCCCCCCC)C(O)CO. The molecule has 3 N–H and O–H groups in total. The first-order chi connectivity index (χ1) is 22.8. The second kappa shape index (κ2) is 33.1. The Balaban J connectivity index is 4.06. The standard InChI is InChI=1S/C41H76O6/c1-3-5-7-9-11-13-15-17-19-21-23-25-27-29-31-33-37(43)35-39(45)41(47,40(46)36-42)38(44)34-32-30-28-26-24-22-20-18-16-14-12-10-8-6-4-2/h17,19,40,42,46-47H,3-16,18,20-36H2,1-2H3/b19-17-. The van der Waals surface area contributed by atoms with E-state index in [0.29, 0.717) is 12.8 Å². The van der Waals surface area contributed by atoms with E-state index in [1.807, 2.05) is 0 Å². The van der Waals surface area contributed by atoms with Crippen molar-refractivity contribution in [3.63, 3.8) is 0 Å². The van der Waals surface area contributed by atoms with Crippen molar-refractivity contribution in [1.82, 2.24) is 0 Å². The van der Waals surface area contributed by atoms with Crippen molar-refractivity contribution in [3.8, 4) is 0 Å². The van der Waals surface area contributed by atoms with Crippen LogP contribution in [0.25, 0.3) is 0 Å². The summed E-state index contributed by atoms with van der Waals surface area (Å²) in [6, 6.07) is 0. The van der Waals surface area contributed by atoms with Gasteiger partial charge in [0.15, 0.2) is 11.6 Å². The van der Waals surface area contributed by atoms with Crippen molar-refractivity contribution < 1.29 is 29.7 Å². The summed E-state index contributed by atoms with van der Waals surface area (Å²) in [5.74, 6) is -2.13. The molecule has 0 aromatic heterocycles. The van der Waals surface area contributed by atoms with E-state index in [-0.39, 0.29) is 18.6 Å². The predicted molar refractivity (Wildman–Crippen MR) is 197 cm³/mol. The maximum atomic E-state index is 12.9. The first-order valence-electron chi connectivity index (χ1n) is 20.1. The summed E-state index contributed by atoms with van der Waals surface area (Å²) >= 11 is 0. The topological polar surface area (TPSA) is 112 Å². The largest absolute Gasteiger partial charge is 0.394 e. The molecule has 47 heavy (non-hydrogen) atoms. The molecule has 6 nitrogen and oxygen atoms in total. The average molecular weight is 665 g/mol. The fourth-order valence-electron chi connectivity index (χ4n) is 6.30. The quantitative estimate of drug-likeness (QED) is 0.0346. The smallest absolute Gasteiger partial charge is 0.210 e. The van der Waals surface area contributed by atoms with E-state index >= 15 is 0 Å². The molecule has 2 unspecified atom stereocenters. The van der Waals surface area contributed by atoms with Gasteiger partial charge in [-0.25, -0.2) is 0 Å². The van der Waals surface area contributed by atoms with Crippen LogP contribution in [-0.2, 0) is 14.4 Å². The maximum absolute atomic E-state index is 12.9. The van der Waals surface area contributed by atoms with Gasteiger partial charge in [0.05, 0.1) is 13.0 Å². The minimum Gasteiger partial charge on any atom is -0.394 e. The van der Waals surface area contributed by atoms with Crippen LogP contribution in [-0.4, -0.2) is 51.0 Å². The second-order valence-electron chi connectivity index (χ2n) is 14.1. The molecule has 0 aliphatic carbocycles. The molecule has 6 heteroatoms. The van der Waals surface area contributed by atoms with Crippen LogP contribution in [0.5, 0.6) is 0 Å². The fourth-order valence-corrected chi connectivity index (χ4v) is 6.30. The third-order valence-electron chi connectivity index (χ3n) is 9.59. The van der Waals surface area contributed by atoms with E-state index < -0.39 is 36.3 Å². The van der Waals surface area contributed by atoms with E-state index in [1.165, 1.54) is 116 Å². The van der Waals surface area contributed by atoms with Crippen LogP contribution in [0.4, 0.5) is 0 Å². The minimum atomic E-state index is -2.72. The molecule has 2 atom stereocenters. The van der Waals surface area contributed by atoms with Crippen LogP contribution in [0.1, 0.15) is 213 Å². The number of hydrogen-bond donors (Lipinski definition) is 3. The molecule has 0 bridgehead atoms. The Morgan fingerprint density at radius 2 is 0.851 bits per heavy atom. The molecule has 0 saturated heterocycles. The van der Waals surface area contributed by atoms with Crippen LogP contribution in [0, 0.1) is 0 Å². The van der Waals surface area contributed by atoms with E-state index in [4.69, 9.17) is 0 Å². The zero-order valence-electron chi connectivity index (χ0n) is 30.9. The summed E-state index contributed by atoms with van der Waals surface area (Å²) in [7, 11) is 0. The van der Waals surface area contributed by atoms with E-state index in [9.17, 15) is 29.7 Å². The van der Waals surface area contributed by atoms with Gasteiger partial charge in [0, 0.05) is 12.8 Å². The molecule has 0 rings (SSSR count). The summed E-state index contributed by atoms with van der Waals surface area (Å²) in [6.07, 6.45) is 35.1. The third-order valence-corrected chi connectivity index (χ3v) is 9.59. The van der Waals surface area contributed by atoms with Gasteiger partial charge in [-0.3, -0.25) is 14.4 Å². The van der Waals surface area contributed by atoms with Gasteiger partial charge in [-0.15, -0.1) is 0 Å². The Bertz CT molecular complexity index is 778. The molecular formula is C41H76O6. The Hall–Kier alpha value is -1.37. The maximum Gasteiger partial charge on any atom is 0.210 e. The lowest BCUT2D eigenvalue weighted by Crippen LogP contribution is -2.57. The summed E-state index contributed by atoms with van der Waals surface area (Å²) in [5.41, 5.74) is -2.72. The zero-order chi connectivity index (χ0) is 34.9. The number of rotatable bonds is 37. The molecule has 0 amide bonds. The van der Waals surface area contributed by atoms with Gasteiger partial charge in [-0.1, -0.05) is 167 Å². The van der Waals surface area contributed by atoms with E-state index in [0.717, 1.165) is 51.4 Å². The molecule has 0 aliphatic rings. The highest BCUT2D eigenvalue weighted by Crippen LogP contribution is 2.22. The van der Waals surface area contributed by atoms with Crippen LogP contribution < -0.4 is 0 Å². The van der Waals surface area contributed by atoms with Crippen molar-refractivity contribution in [3.05, 3.63) is 12.2 Å². The van der Waals surface area contributed by atoms with Gasteiger partial charge in [0.1, 0.15) is 11.9 Å². The minimum absolute atomic E-state index is 0.0556. The highest BCUT2D eigenvalue weighted by molar-refractivity contribution is 6.16. The summed E-state index contributed by atoms with van der Waals surface area (Å²) in [6.45, 7) is 3.57. The van der Waals surface area contributed by atoms with Crippen molar-refractivity contribution in [1.29, 1.82) is 0 Å². The Morgan fingerprint density at radius 3 is 1.23 bits per heavy atom. The molecular weight excluding hydrogens is 588 g/mol. The number of aliphatic hydroxyl groups is 3. The van der Waals surface area contributed by atoms with Gasteiger partial charge in [-0.05, 0) is 38.5 Å². The lowest BCUT2D eigenvalue weighted by atomic mass is 9.82. The molecule has 276 valence electrons. The molecule has 0 spiro atoms. The number of carbonyl (C=O) groups is 3. The molecule has 0 saturated carbocycles. The Kier molecular flexibility index (Phi) is 32.2. The normalized spacial score (nSPS) is 13.6. The summed E-state index contributed by atoms with van der Waals surface area (Å²) < 4.78 is 0. The highest BCUT2D eigenvalue weighted by Gasteiger charge is 2.49. The number of allylic oxidation sites excluding steroid dienone is 2. The number of ketones is 3. The molecule has 0 radical (unpaired) electrons. The van der Waals surface area contributed by atoms with Crippen molar-refractivity contribution >= 4 is 17.3 Å². The van der Waals surface area contributed by atoms with Gasteiger partial charge in [0.2, 0.25) is 5.60 Å². The number of hydrogen-bond acceptors (Lipinski definition) is 6. The van der Waals surface area contributed by atoms with E-state index in [2.05, 4.69) is 26.0 Å². The second-order valence-corrected chi connectivity index (χ2v) is 14.1. The molecule has 0 heterocycles. The monoisotopic (exact) mass is 665 g/mol. The number of carbonyl (C=O) groups excluding carboxylic acids is 3. The zero-order valence-corrected chi connectivity index (χ0v) is 30.9. The molecule has 0 aromatic rings. The number of unbranched alkanes of at least 4 members (excludes halogenated alkanes) is 25. The lowest BCUT2D eigenvalue weighted by molar-refractivity contribution is -0.166. The van der Waals surface area contributed by atoms with E-state index in [1.54, 1.807) is 0 Å². The molecule has 0 aromatic carbocycles. The number of aliphatic hydroxyl groups excluding tert-OH is 2.